The van der Waals surface area contributed by atoms with Crippen LogP contribution in [-0.2, 0) is 7.05 Å². The first-order valence-electron chi connectivity index (χ1n) is 4.46. The average molecular weight is 287 g/mol. The highest BCUT2D eigenvalue weighted by Crippen LogP contribution is 2.27. The summed E-state index contributed by atoms with van der Waals surface area (Å²) in [5, 5.41) is 1.39. The summed E-state index contributed by atoms with van der Waals surface area (Å²) in [6.07, 6.45) is 0. The van der Waals surface area contributed by atoms with Crippen molar-refractivity contribution in [1.29, 1.82) is 0 Å². The molecule has 0 bridgehead atoms. The van der Waals surface area contributed by atoms with Crippen molar-refractivity contribution in [3.63, 3.8) is 0 Å². The van der Waals surface area contributed by atoms with Gasteiger partial charge in [0.2, 0.25) is 0 Å². The predicted molar refractivity (Wildman–Crippen MR) is 66.6 cm³/mol. The van der Waals surface area contributed by atoms with Crippen molar-refractivity contribution in [2.24, 2.45) is 7.05 Å². The van der Waals surface area contributed by atoms with Gasteiger partial charge in [-0.05, 0) is 24.6 Å². The third-order valence-corrected chi connectivity index (χ3v) is 3.21. The van der Waals surface area contributed by atoms with Crippen LogP contribution in [0.4, 0.5) is 0 Å². The molecule has 2 aromatic rings. The maximum absolute atomic E-state index is 11.6. The number of fused-ring (bicyclic) bond motifs is 1. The topological polar surface area (TPSA) is 22.0 Å². The maximum atomic E-state index is 11.6. The molecule has 0 radical (unpaired) electrons. The van der Waals surface area contributed by atoms with Gasteiger partial charge in [-0.1, -0.05) is 27.5 Å². The van der Waals surface area contributed by atoms with Crippen molar-refractivity contribution in [2.45, 2.75) is 6.92 Å². The van der Waals surface area contributed by atoms with E-state index in [1.807, 2.05) is 19.1 Å². The summed E-state index contributed by atoms with van der Waals surface area (Å²) < 4.78 is 2.58. The van der Waals surface area contributed by atoms with Gasteiger partial charge in [-0.2, -0.15) is 0 Å². The Hall–Kier alpha value is -0.800. The van der Waals surface area contributed by atoms with E-state index in [-0.39, 0.29) is 5.56 Å². The molecule has 2 nitrogen and oxygen atoms in total. The van der Waals surface area contributed by atoms with E-state index in [1.54, 1.807) is 11.6 Å². The van der Waals surface area contributed by atoms with Crippen LogP contribution in [-0.4, -0.2) is 4.57 Å². The standard InChI is InChI=1S/C11H9BrClNO/c1-6-3-7(12)4-8-9(13)5-10(15)14(2)11(6)8/h3-5H,1-2H3. The third-order valence-electron chi connectivity index (χ3n) is 2.44. The first kappa shape index (κ1) is 10.7. The molecular formula is C11H9BrClNO. The van der Waals surface area contributed by atoms with Gasteiger partial charge in [-0.25, -0.2) is 0 Å². The van der Waals surface area contributed by atoms with E-state index in [4.69, 9.17) is 11.6 Å². The molecular weight excluding hydrogens is 277 g/mol. The highest BCUT2D eigenvalue weighted by Gasteiger charge is 2.08. The molecule has 0 saturated heterocycles. The number of aromatic nitrogens is 1. The molecule has 78 valence electrons. The van der Waals surface area contributed by atoms with Crippen molar-refractivity contribution in [3.8, 4) is 0 Å². The zero-order valence-electron chi connectivity index (χ0n) is 8.34. The Morgan fingerprint density at radius 2 is 2.00 bits per heavy atom. The molecule has 4 heteroatoms. The Kier molecular flexibility index (Phi) is 2.61. The molecule has 2 rings (SSSR count). The number of halogens is 2. The lowest BCUT2D eigenvalue weighted by atomic mass is 10.1. The molecule has 0 aliphatic heterocycles. The number of pyridine rings is 1. The minimum Gasteiger partial charge on any atom is -0.311 e. The number of benzene rings is 1. The molecule has 1 aromatic carbocycles. The van der Waals surface area contributed by atoms with Crippen LogP contribution in [0.2, 0.25) is 5.02 Å². The van der Waals surface area contributed by atoms with Crippen LogP contribution < -0.4 is 5.56 Å². The van der Waals surface area contributed by atoms with Crippen molar-refractivity contribution in [3.05, 3.63) is 43.6 Å². The fourth-order valence-electron chi connectivity index (χ4n) is 1.76. The number of hydrogen-bond donors (Lipinski definition) is 0. The van der Waals surface area contributed by atoms with Crippen LogP contribution in [0.1, 0.15) is 5.56 Å². The van der Waals surface area contributed by atoms with Crippen molar-refractivity contribution < 1.29 is 0 Å². The maximum Gasteiger partial charge on any atom is 0.252 e. The molecule has 0 aliphatic carbocycles. The van der Waals surface area contributed by atoms with E-state index in [0.29, 0.717) is 5.02 Å². The monoisotopic (exact) mass is 285 g/mol. The van der Waals surface area contributed by atoms with Crippen molar-refractivity contribution in [1.82, 2.24) is 4.57 Å². The van der Waals surface area contributed by atoms with Gasteiger partial charge in [0, 0.05) is 23.0 Å². The van der Waals surface area contributed by atoms with E-state index in [2.05, 4.69) is 15.9 Å². The lowest BCUT2D eigenvalue weighted by molar-refractivity contribution is 0.902. The van der Waals surface area contributed by atoms with Gasteiger partial charge < -0.3 is 4.57 Å². The lowest BCUT2D eigenvalue weighted by Gasteiger charge is -2.09. The first-order valence-corrected chi connectivity index (χ1v) is 5.63. The minimum atomic E-state index is -0.0853. The second kappa shape index (κ2) is 3.65. The average Bonchev–Trinajstić information content (AvgIpc) is 2.13. The summed E-state index contributed by atoms with van der Waals surface area (Å²) in [5.41, 5.74) is 1.83. The molecule has 0 unspecified atom stereocenters. The number of rotatable bonds is 0. The third kappa shape index (κ3) is 1.70. The second-order valence-electron chi connectivity index (χ2n) is 3.51. The molecule has 0 fully saturated rings. The molecule has 0 atom stereocenters. The van der Waals surface area contributed by atoms with E-state index < -0.39 is 0 Å². The Labute approximate surface area is 101 Å². The Morgan fingerprint density at radius 3 is 2.67 bits per heavy atom. The van der Waals surface area contributed by atoms with E-state index >= 15 is 0 Å². The predicted octanol–water partition coefficient (Wildman–Crippen LogP) is 3.26. The summed E-state index contributed by atoms with van der Waals surface area (Å²) in [6.45, 7) is 1.96. The molecule has 0 N–H and O–H groups in total. The Morgan fingerprint density at radius 1 is 1.33 bits per heavy atom. The molecule has 1 aromatic heterocycles. The van der Waals surface area contributed by atoms with Crippen LogP contribution in [0, 0.1) is 6.92 Å². The smallest absolute Gasteiger partial charge is 0.252 e. The van der Waals surface area contributed by atoms with Crippen LogP contribution in [0.5, 0.6) is 0 Å². The Balaban J connectivity index is 3.10. The summed E-state index contributed by atoms with van der Waals surface area (Å²) in [4.78, 5) is 11.6. The van der Waals surface area contributed by atoms with E-state index in [1.165, 1.54) is 6.07 Å². The van der Waals surface area contributed by atoms with Crippen LogP contribution >= 0.6 is 27.5 Å². The fraction of sp³-hybridized carbons (Fsp3) is 0.182. The van der Waals surface area contributed by atoms with Gasteiger partial charge in [0.15, 0.2) is 0 Å². The fourth-order valence-corrected chi connectivity index (χ4v) is 2.57. The molecule has 0 amide bonds. The number of nitrogens with zero attached hydrogens (tertiary/aromatic N) is 1. The van der Waals surface area contributed by atoms with Gasteiger partial charge >= 0.3 is 0 Å². The quantitative estimate of drug-likeness (QED) is 0.728. The highest BCUT2D eigenvalue weighted by atomic mass is 79.9. The van der Waals surface area contributed by atoms with Crippen molar-refractivity contribution >= 4 is 38.4 Å². The second-order valence-corrected chi connectivity index (χ2v) is 4.83. The van der Waals surface area contributed by atoms with E-state index in [0.717, 1.165) is 20.9 Å². The number of aryl methyl sites for hydroxylation is 2. The van der Waals surface area contributed by atoms with Crippen LogP contribution in [0.15, 0.2) is 27.5 Å². The van der Waals surface area contributed by atoms with Gasteiger partial charge in [0.05, 0.1) is 10.5 Å². The van der Waals surface area contributed by atoms with E-state index in [9.17, 15) is 4.79 Å². The molecule has 0 spiro atoms. The molecule has 15 heavy (non-hydrogen) atoms. The summed E-state index contributed by atoms with van der Waals surface area (Å²) >= 11 is 9.46. The normalized spacial score (nSPS) is 10.9. The SMILES string of the molecule is Cc1cc(Br)cc2c(Cl)cc(=O)n(C)c12. The molecule has 0 aliphatic rings. The highest BCUT2D eigenvalue weighted by molar-refractivity contribution is 9.10. The summed E-state index contributed by atoms with van der Waals surface area (Å²) in [6, 6.07) is 5.33. The van der Waals surface area contributed by atoms with Gasteiger partial charge in [-0.15, -0.1) is 0 Å². The summed E-state index contributed by atoms with van der Waals surface area (Å²) in [7, 11) is 1.75. The molecule has 1 heterocycles. The lowest BCUT2D eigenvalue weighted by Crippen LogP contribution is -2.16. The van der Waals surface area contributed by atoms with Crippen molar-refractivity contribution in [2.75, 3.05) is 0 Å². The van der Waals surface area contributed by atoms with Gasteiger partial charge in [-0.3, -0.25) is 4.79 Å². The Bertz CT molecular complexity index is 604. The zero-order chi connectivity index (χ0) is 11.2. The van der Waals surface area contributed by atoms with Gasteiger partial charge in [0.25, 0.3) is 5.56 Å². The first-order chi connectivity index (χ1) is 7.00. The molecule has 0 saturated carbocycles. The number of hydrogen-bond acceptors (Lipinski definition) is 1. The van der Waals surface area contributed by atoms with Crippen LogP contribution in [0.25, 0.3) is 10.9 Å². The summed E-state index contributed by atoms with van der Waals surface area (Å²) in [5.74, 6) is 0. The largest absolute Gasteiger partial charge is 0.311 e. The van der Waals surface area contributed by atoms with Gasteiger partial charge in [0.1, 0.15) is 0 Å². The zero-order valence-corrected chi connectivity index (χ0v) is 10.7. The van der Waals surface area contributed by atoms with Crippen LogP contribution in [0.3, 0.4) is 0 Å². The minimum absolute atomic E-state index is 0.0853.